The van der Waals surface area contributed by atoms with Gasteiger partial charge in [-0.1, -0.05) is 6.08 Å². The fraction of sp³-hybridized carbons (Fsp3) is 0.789. The molecule has 0 N–H and O–H groups in total. The van der Waals surface area contributed by atoms with Gasteiger partial charge in [0.2, 0.25) is 0 Å². The van der Waals surface area contributed by atoms with Gasteiger partial charge in [0.1, 0.15) is 0 Å². The molecule has 148 valence electrons. The number of ether oxygens (including phenoxy) is 3. The van der Waals surface area contributed by atoms with E-state index in [4.69, 9.17) is 14.2 Å². The van der Waals surface area contributed by atoms with Gasteiger partial charge in [0.25, 0.3) is 0 Å². The topological polar surface area (TPSA) is 67.9 Å². The first-order valence-electron chi connectivity index (χ1n) is 9.36. The molecule has 0 aromatic carbocycles. The Labute approximate surface area is 156 Å². The lowest BCUT2D eigenvalue weighted by Gasteiger charge is -2.12. The van der Waals surface area contributed by atoms with E-state index in [1.54, 1.807) is 29.7 Å². The third-order valence-electron chi connectivity index (χ3n) is 5.56. The molecule has 7 heteroatoms. The van der Waals surface area contributed by atoms with Crippen LogP contribution in [0.3, 0.4) is 0 Å². The number of carbonyl (C=O) groups is 2. The zero-order valence-corrected chi connectivity index (χ0v) is 16.6. The lowest BCUT2D eigenvalue weighted by molar-refractivity contribution is 0.118. The second-order valence-electron chi connectivity index (χ2n) is 7.55. The Morgan fingerprint density at radius 3 is 2.15 bits per heavy atom. The number of hydrogen-bond donors (Lipinski definition) is 0. The van der Waals surface area contributed by atoms with E-state index in [1.165, 1.54) is 0 Å². The molecule has 2 fully saturated rings. The van der Waals surface area contributed by atoms with Gasteiger partial charge in [-0.3, -0.25) is 9.80 Å². The van der Waals surface area contributed by atoms with Gasteiger partial charge < -0.3 is 14.2 Å². The molecule has 0 spiro atoms. The largest absolute Gasteiger partial charge is 0.450 e. The fourth-order valence-corrected chi connectivity index (χ4v) is 3.87. The van der Waals surface area contributed by atoms with Crippen LogP contribution < -0.4 is 0 Å². The van der Waals surface area contributed by atoms with Gasteiger partial charge in [-0.15, -0.1) is 6.58 Å². The van der Waals surface area contributed by atoms with Crippen molar-refractivity contribution in [1.82, 2.24) is 9.80 Å². The zero-order chi connectivity index (χ0) is 19.5. The molecule has 7 nitrogen and oxygen atoms in total. The van der Waals surface area contributed by atoms with E-state index >= 15 is 0 Å². The highest BCUT2D eigenvalue weighted by atomic mass is 16.6. The van der Waals surface area contributed by atoms with Crippen LogP contribution in [-0.2, 0) is 14.2 Å². The van der Waals surface area contributed by atoms with Crippen LogP contribution >= 0.6 is 0 Å². The van der Waals surface area contributed by atoms with E-state index in [0.717, 1.165) is 12.8 Å². The lowest BCUT2D eigenvalue weighted by atomic mass is 9.97. The molecule has 0 aromatic rings. The summed E-state index contributed by atoms with van der Waals surface area (Å²) in [6, 6.07) is 0.108. The summed E-state index contributed by atoms with van der Waals surface area (Å²) >= 11 is 0. The normalized spacial score (nSPS) is 28.5. The third kappa shape index (κ3) is 3.82. The Balaban J connectivity index is 1.96. The Bertz CT molecular complexity index is 550. The van der Waals surface area contributed by atoms with Crippen molar-refractivity contribution >= 4 is 12.2 Å². The minimum absolute atomic E-state index is 0.0144. The smallest absolute Gasteiger partial charge is 0.410 e. The van der Waals surface area contributed by atoms with Crippen LogP contribution in [0, 0.1) is 0 Å². The van der Waals surface area contributed by atoms with E-state index in [1.807, 2.05) is 13.8 Å². The van der Waals surface area contributed by atoms with E-state index in [9.17, 15) is 9.59 Å². The maximum absolute atomic E-state index is 12.3. The highest BCUT2D eigenvalue weighted by Gasteiger charge is 2.65. The molecule has 2 saturated heterocycles. The maximum Gasteiger partial charge on any atom is 0.410 e. The molecule has 3 unspecified atom stereocenters. The van der Waals surface area contributed by atoms with Gasteiger partial charge in [0, 0.05) is 0 Å². The predicted octanol–water partition coefficient (Wildman–Crippen LogP) is 3.19. The molecule has 2 heterocycles. The molecule has 2 amide bonds. The first kappa shape index (κ1) is 20.6. The van der Waals surface area contributed by atoms with E-state index in [0.29, 0.717) is 26.4 Å². The van der Waals surface area contributed by atoms with Crippen molar-refractivity contribution in [2.45, 2.75) is 70.6 Å². The van der Waals surface area contributed by atoms with Crippen LogP contribution in [0.25, 0.3) is 0 Å². The van der Waals surface area contributed by atoms with E-state index < -0.39 is 0 Å². The van der Waals surface area contributed by atoms with Crippen molar-refractivity contribution < 1.29 is 23.8 Å². The number of hydrogen-bond acceptors (Lipinski definition) is 5. The van der Waals surface area contributed by atoms with Gasteiger partial charge in [0.05, 0.1) is 49.6 Å². The second-order valence-corrected chi connectivity index (χ2v) is 7.55. The predicted molar refractivity (Wildman–Crippen MR) is 98.0 cm³/mol. The van der Waals surface area contributed by atoms with E-state index in [-0.39, 0.29) is 35.3 Å². The molecule has 0 aromatic heterocycles. The zero-order valence-electron chi connectivity index (χ0n) is 16.6. The molecule has 0 radical (unpaired) electrons. The number of rotatable bonds is 9. The summed E-state index contributed by atoms with van der Waals surface area (Å²) in [5.41, 5.74) is -0.520. The highest BCUT2D eigenvalue weighted by molar-refractivity contribution is 5.74. The molecule has 0 bridgehead atoms. The lowest BCUT2D eigenvalue weighted by Crippen LogP contribution is -2.22. The molecular formula is C19H32N2O5. The third-order valence-corrected chi connectivity index (χ3v) is 5.56. The van der Waals surface area contributed by atoms with Crippen molar-refractivity contribution in [2.75, 3.05) is 26.4 Å². The van der Waals surface area contributed by atoms with Crippen LogP contribution in [0.4, 0.5) is 9.59 Å². The fourth-order valence-electron chi connectivity index (χ4n) is 3.87. The standard InChI is InChI=1S/C19H32N2O5/c1-7-12-24-13-15-19(6,21(15)17(23)26-9-3)11-10-14-18(4,5)20(14)16(22)25-8-2/h7,14-15H,1,8-13H2,2-6H3. The summed E-state index contributed by atoms with van der Waals surface area (Å²) in [5.74, 6) is 0. The number of carbonyl (C=O) groups excluding carboxylic acids is 2. The number of amides is 2. The highest BCUT2D eigenvalue weighted by Crippen LogP contribution is 2.50. The van der Waals surface area contributed by atoms with Crippen LogP contribution in [0.1, 0.15) is 47.5 Å². The SMILES string of the molecule is C=CCOCC1N(C(=O)OCC)C1(C)CCC1N(C(=O)OCC)C1(C)C. The van der Waals surface area contributed by atoms with Crippen molar-refractivity contribution in [1.29, 1.82) is 0 Å². The summed E-state index contributed by atoms with van der Waals surface area (Å²) in [4.78, 5) is 27.8. The Morgan fingerprint density at radius 1 is 1.04 bits per heavy atom. The average Bonchev–Trinajstić information content (AvgIpc) is 3.35. The molecule has 2 aliphatic heterocycles. The molecule has 2 rings (SSSR count). The summed E-state index contributed by atoms with van der Waals surface area (Å²) in [6.45, 7) is 15.0. The molecule has 3 atom stereocenters. The van der Waals surface area contributed by atoms with Gasteiger partial charge in [-0.2, -0.15) is 0 Å². The van der Waals surface area contributed by atoms with E-state index in [2.05, 4.69) is 13.5 Å². The van der Waals surface area contributed by atoms with Crippen LogP contribution in [0.2, 0.25) is 0 Å². The molecule has 26 heavy (non-hydrogen) atoms. The summed E-state index contributed by atoms with van der Waals surface area (Å²) in [7, 11) is 0. The van der Waals surface area contributed by atoms with Gasteiger partial charge in [0.15, 0.2) is 0 Å². The van der Waals surface area contributed by atoms with Crippen molar-refractivity contribution in [2.24, 2.45) is 0 Å². The monoisotopic (exact) mass is 368 g/mol. The molecule has 0 aliphatic carbocycles. The Hall–Kier alpha value is -1.76. The molecule has 0 saturated carbocycles. The van der Waals surface area contributed by atoms with Crippen molar-refractivity contribution in [3.05, 3.63) is 12.7 Å². The first-order chi connectivity index (χ1) is 12.3. The van der Waals surface area contributed by atoms with Crippen LogP contribution in [-0.4, -0.2) is 71.6 Å². The molecule has 2 aliphatic rings. The average molecular weight is 368 g/mol. The quantitative estimate of drug-likeness (QED) is 0.355. The summed E-state index contributed by atoms with van der Waals surface area (Å²) in [6.07, 6.45) is 2.70. The minimum Gasteiger partial charge on any atom is -0.450 e. The van der Waals surface area contributed by atoms with Gasteiger partial charge in [-0.25, -0.2) is 9.59 Å². The van der Waals surface area contributed by atoms with Gasteiger partial charge in [-0.05, 0) is 47.5 Å². The van der Waals surface area contributed by atoms with Crippen LogP contribution in [0.15, 0.2) is 12.7 Å². The van der Waals surface area contributed by atoms with Crippen molar-refractivity contribution in [3.8, 4) is 0 Å². The van der Waals surface area contributed by atoms with Gasteiger partial charge >= 0.3 is 12.2 Å². The summed E-state index contributed by atoms with van der Waals surface area (Å²) in [5, 5.41) is 0. The van der Waals surface area contributed by atoms with Crippen LogP contribution in [0.5, 0.6) is 0 Å². The molecular weight excluding hydrogens is 336 g/mol. The van der Waals surface area contributed by atoms with Crippen molar-refractivity contribution in [3.63, 3.8) is 0 Å². The minimum atomic E-state index is -0.313. The first-order valence-corrected chi connectivity index (χ1v) is 9.36. The second kappa shape index (κ2) is 7.86. The number of nitrogens with zero attached hydrogens (tertiary/aromatic N) is 2. The Kier molecular flexibility index (Phi) is 6.21. The summed E-state index contributed by atoms with van der Waals surface area (Å²) < 4.78 is 15.9. The maximum atomic E-state index is 12.3. The Morgan fingerprint density at radius 2 is 1.62 bits per heavy atom.